The lowest BCUT2D eigenvalue weighted by molar-refractivity contribution is -0.0527. The highest BCUT2D eigenvalue weighted by molar-refractivity contribution is 5.06. The molecule has 0 saturated heterocycles. The van der Waals surface area contributed by atoms with Gasteiger partial charge in [0.1, 0.15) is 5.60 Å². The molecule has 0 amide bonds. The molecule has 0 radical (unpaired) electrons. The number of hydrogen-bond donors (Lipinski definition) is 1. The first kappa shape index (κ1) is 16.4. The molecule has 1 fully saturated rings. The molecular formula is C16H29N3O2. The standard InChI is InChI=1S/C16H29N3O2/c1-5-13(17-6-2)12(3)14-18-15(19-21-14)16(20-4)10-8-7-9-11-16/h12-13,17H,5-11H2,1-4H3. The minimum absolute atomic E-state index is 0.216. The molecule has 0 aromatic carbocycles. The molecule has 120 valence electrons. The Morgan fingerprint density at radius 3 is 2.57 bits per heavy atom. The topological polar surface area (TPSA) is 60.2 Å². The second-order valence-corrected chi connectivity index (χ2v) is 6.08. The Bertz CT molecular complexity index is 427. The van der Waals surface area contributed by atoms with Gasteiger partial charge in [0, 0.05) is 13.2 Å². The molecule has 1 N–H and O–H groups in total. The van der Waals surface area contributed by atoms with Crippen LogP contribution in [0.1, 0.15) is 76.9 Å². The molecule has 1 aliphatic carbocycles. The van der Waals surface area contributed by atoms with E-state index in [2.05, 4.69) is 36.2 Å². The highest BCUT2D eigenvalue weighted by Crippen LogP contribution is 2.39. The maximum atomic E-state index is 5.79. The van der Waals surface area contributed by atoms with Crippen molar-refractivity contribution in [2.24, 2.45) is 0 Å². The molecule has 1 aromatic heterocycles. The Morgan fingerprint density at radius 2 is 2.00 bits per heavy atom. The van der Waals surface area contributed by atoms with Crippen LogP contribution in [0.2, 0.25) is 0 Å². The van der Waals surface area contributed by atoms with E-state index in [1.54, 1.807) is 7.11 Å². The maximum Gasteiger partial charge on any atom is 0.231 e. The molecule has 5 nitrogen and oxygen atoms in total. The fraction of sp³-hybridized carbons (Fsp3) is 0.875. The summed E-state index contributed by atoms with van der Waals surface area (Å²) in [4.78, 5) is 4.69. The van der Waals surface area contributed by atoms with Crippen molar-refractivity contribution < 1.29 is 9.26 Å². The van der Waals surface area contributed by atoms with Gasteiger partial charge in [-0.1, -0.05) is 45.2 Å². The zero-order valence-corrected chi connectivity index (χ0v) is 13.8. The van der Waals surface area contributed by atoms with Gasteiger partial charge in [0.05, 0.1) is 5.92 Å². The molecule has 1 aliphatic rings. The summed E-state index contributed by atoms with van der Waals surface area (Å²) < 4.78 is 11.3. The van der Waals surface area contributed by atoms with E-state index < -0.39 is 0 Å². The summed E-state index contributed by atoms with van der Waals surface area (Å²) >= 11 is 0. The zero-order valence-electron chi connectivity index (χ0n) is 13.8. The van der Waals surface area contributed by atoms with E-state index >= 15 is 0 Å². The van der Waals surface area contributed by atoms with E-state index in [0.717, 1.165) is 37.5 Å². The largest absolute Gasteiger partial charge is 0.370 e. The second-order valence-electron chi connectivity index (χ2n) is 6.08. The van der Waals surface area contributed by atoms with E-state index in [-0.39, 0.29) is 11.5 Å². The van der Waals surface area contributed by atoms with Crippen LogP contribution in [0.4, 0.5) is 0 Å². The molecular weight excluding hydrogens is 266 g/mol. The third-order valence-electron chi connectivity index (χ3n) is 4.80. The number of rotatable bonds is 7. The van der Waals surface area contributed by atoms with Gasteiger partial charge in [0.15, 0.2) is 0 Å². The predicted octanol–water partition coefficient (Wildman–Crippen LogP) is 3.37. The monoisotopic (exact) mass is 295 g/mol. The number of nitrogens with zero attached hydrogens (tertiary/aromatic N) is 2. The molecule has 2 unspecified atom stereocenters. The van der Waals surface area contributed by atoms with E-state index in [1.807, 2.05) is 0 Å². The molecule has 1 saturated carbocycles. The van der Waals surface area contributed by atoms with Crippen molar-refractivity contribution in [3.8, 4) is 0 Å². The number of hydrogen-bond acceptors (Lipinski definition) is 5. The van der Waals surface area contributed by atoms with Crippen LogP contribution in [-0.2, 0) is 10.3 Å². The van der Waals surface area contributed by atoms with E-state index in [0.29, 0.717) is 6.04 Å². The van der Waals surface area contributed by atoms with Gasteiger partial charge in [0.25, 0.3) is 0 Å². The molecule has 0 bridgehead atoms. The lowest BCUT2D eigenvalue weighted by Crippen LogP contribution is -2.34. The fourth-order valence-corrected chi connectivity index (χ4v) is 3.36. The summed E-state index contributed by atoms with van der Waals surface area (Å²) in [6.07, 6.45) is 6.62. The number of likely N-dealkylation sites (N-methyl/N-ethyl adjacent to an activating group) is 1. The van der Waals surface area contributed by atoms with Crippen molar-refractivity contribution in [3.63, 3.8) is 0 Å². The second kappa shape index (κ2) is 7.36. The molecule has 2 atom stereocenters. The zero-order chi connectivity index (χ0) is 15.3. The van der Waals surface area contributed by atoms with Crippen molar-refractivity contribution in [2.45, 2.75) is 76.9 Å². The van der Waals surface area contributed by atoms with Crippen LogP contribution in [0.5, 0.6) is 0 Å². The molecule has 0 spiro atoms. The highest BCUT2D eigenvalue weighted by atomic mass is 16.5. The Hall–Kier alpha value is -0.940. The summed E-state index contributed by atoms with van der Waals surface area (Å²) in [6, 6.07) is 0.369. The minimum Gasteiger partial charge on any atom is -0.370 e. The number of ether oxygens (including phenoxy) is 1. The van der Waals surface area contributed by atoms with E-state index in [4.69, 9.17) is 9.26 Å². The molecule has 5 heteroatoms. The van der Waals surface area contributed by atoms with Gasteiger partial charge in [-0.15, -0.1) is 0 Å². The van der Waals surface area contributed by atoms with Gasteiger partial charge in [-0.3, -0.25) is 0 Å². The molecule has 21 heavy (non-hydrogen) atoms. The first-order valence-electron chi connectivity index (χ1n) is 8.29. The van der Waals surface area contributed by atoms with E-state index in [1.165, 1.54) is 19.3 Å². The SMILES string of the molecule is CCNC(CC)C(C)c1nc(C2(OC)CCCCC2)no1. The normalized spacial score (nSPS) is 21.1. The van der Waals surface area contributed by atoms with Crippen LogP contribution in [0, 0.1) is 0 Å². The predicted molar refractivity (Wildman–Crippen MR) is 82.2 cm³/mol. The molecule has 1 aromatic rings. The quantitative estimate of drug-likeness (QED) is 0.835. The Kier molecular flexibility index (Phi) is 5.76. The third-order valence-corrected chi connectivity index (χ3v) is 4.80. The smallest absolute Gasteiger partial charge is 0.231 e. The van der Waals surface area contributed by atoms with Crippen molar-refractivity contribution in [2.75, 3.05) is 13.7 Å². The van der Waals surface area contributed by atoms with Crippen molar-refractivity contribution in [3.05, 3.63) is 11.7 Å². The lowest BCUT2D eigenvalue weighted by atomic mass is 9.84. The summed E-state index contributed by atoms with van der Waals surface area (Å²) in [5, 5.41) is 7.73. The number of methoxy groups -OCH3 is 1. The number of nitrogens with one attached hydrogen (secondary N) is 1. The Morgan fingerprint density at radius 1 is 1.29 bits per heavy atom. The lowest BCUT2D eigenvalue weighted by Gasteiger charge is -2.32. The molecule has 1 heterocycles. The van der Waals surface area contributed by atoms with Gasteiger partial charge < -0.3 is 14.6 Å². The van der Waals surface area contributed by atoms with Gasteiger partial charge in [-0.2, -0.15) is 4.98 Å². The average molecular weight is 295 g/mol. The van der Waals surface area contributed by atoms with Gasteiger partial charge in [0.2, 0.25) is 11.7 Å². The Balaban J connectivity index is 2.16. The highest BCUT2D eigenvalue weighted by Gasteiger charge is 2.39. The van der Waals surface area contributed by atoms with Gasteiger partial charge in [-0.05, 0) is 25.8 Å². The summed E-state index contributed by atoms with van der Waals surface area (Å²) in [6.45, 7) is 7.40. The van der Waals surface area contributed by atoms with Crippen LogP contribution in [-0.4, -0.2) is 29.8 Å². The van der Waals surface area contributed by atoms with Crippen molar-refractivity contribution >= 4 is 0 Å². The summed E-state index contributed by atoms with van der Waals surface area (Å²) in [5.74, 6) is 1.67. The summed E-state index contributed by atoms with van der Waals surface area (Å²) in [5.41, 5.74) is -0.334. The molecule has 2 rings (SSSR count). The van der Waals surface area contributed by atoms with Crippen LogP contribution in [0.25, 0.3) is 0 Å². The first-order chi connectivity index (χ1) is 10.2. The third kappa shape index (κ3) is 3.46. The average Bonchev–Trinajstić information content (AvgIpc) is 3.03. The minimum atomic E-state index is -0.334. The molecule has 0 aliphatic heterocycles. The van der Waals surface area contributed by atoms with Crippen LogP contribution in [0.3, 0.4) is 0 Å². The van der Waals surface area contributed by atoms with Gasteiger partial charge >= 0.3 is 0 Å². The van der Waals surface area contributed by atoms with Crippen molar-refractivity contribution in [1.29, 1.82) is 0 Å². The van der Waals surface area contributed by atoms with E-state index in [9.17, 15) is 0 Å². The maximum absolute atomic E-state index is 5.79. The number of aromatic nitrogens is 2. The van der Waals surface area contributed by atoms with Crippen molar-refractivity contribution in [1.82, 2.24) is 15.5 Å². The van der Waals surface area contributed by atoms with Crippen LogP contribution < -0.4 is 5.32 Å². The van der Waals surface area contributed by atoms with Crippen LogP contribution in [0.15, 0.2) is 4.52 Å². The van der Waals surface area contributed by atoms with Crippen LogP contribution >= 0.6 is 0 Å². The fourth-order valence-electron chi connectivity index (χ4n) is 3.36. The van der Waals surface area contributed by atoms with Gasteiger partial charge in [-0.25, -0.2) is 0 Å². The summed E-state index contributed by atoms with van der Waals surface area (Å²) in [7, 11) is 1.76. The Labute approximate surface area is 127 Å². The first-order valence-corrected chi connectivity index (χ1v) is 8.29.